The number of carbonyl (C=O) groups excluding carboxylic acids is 2. The van der Waals surface area contributed by atoms with Crippen molar-refractivity contribution >= 4 is 23.2 Å². The van der Waals surface area contributed by atoms with Crippen molar-refractivity contribution in [1.82, 2.24) is 0 Å². The Morgan fingerprint density at radius 3 is 2.13 bits per heavy atom. The predicted molar refractivity (Wildman–Crippen MR) is 88.7 cm³/mol. The van der Waals surface area contributed by atoms with Crippen LogP contribution in [0.5, 0.6) is 0 Å². The first-order valence-electron chi connectivity index (χ1n) is 7.22. The van der Waals surface area contributed by atoms with Gasteiger partial charge in [-0.25, -0.2) is 4.39 Å². The number of hydrogen-bond acceptors (Lipinski definition) is 2. The number of halogens is 1. The number of para-hydroxylation sites is 1. The molecule has 0 saturated carbocycles. The molecule has 0 atom stereocenters. The van der Waals surface area contributed by atoms with Crippen molar-refractivity contribution in [3.8, 4) is 0 Å². The number of carbonyl (C=O) groups is 2. The number of rotatable bonds is 4. The van der Waals surface area contributed by atoms with Crippen LogP contribution in [0.2, 0.25) is 0 Å². The van der Waals surface area contributed by atoms with E-state index in [9.17, 15) is 14.0 Å². The topological polar surface area (TPSA) is 49.4 Å². The highest BCUT2D eigenvalue weighted by Crippen LogP contribution is 2.24. The average Bonchev–Trinajstić information content (AvgIpc) is 2.56. The summed E-state index contributed by atoms with van der Waals surface area (Å²) in [6.07, 6.45) is 0. The lowest BCUT2D eigenvalue weighted by molar-refractivity contribution is -0.136. The third-order valence-corrected chi connectivity index (χ3v) is 3.65. The maximum absolute atomic E-state index is 12.9. The van der Waals surface area contributed by atoms with Crippen LogP contribution >= 0.6 is 0 Å². The summed E-state index contributed by atoms with van der Waals surface area (Å²) < 4.78 is 12.9. The molecule has 1 N–H and O–H groups in total. The quantitative estimate of drug-likeness (QED) is 0.879. The molecule has 0 saturated heterocycles. The van der Waals surface area contributed by atoms with Gasteiger partial charge in [-0.05, 0) is 50.2 Å². The Hall–Kier alpha value is -2.69. The SMILES string of the molecule is CN(C(=O)C(C)(C)C(=O)Nc1ccc(F)cc1)c1ccccc1. The summed E-state index contributed by atoms with van der Waals surface area (Å²) in [5.41, 5.74) is -0.112. The maximum atomic E-state index is 12.9. The van der Waals surface area contributed by atoms with E-state index in [-0.39, 0.29) is 11.7 Å². The molecule has 0 unspecified atom stereocenters. The summed E-state index contributed by atoms with van der Waals surface area (Å²) in [5.74, 6) is -1.16. The number of hydrogen-bond donors (Lipinski definition) is 1. The van der Waals surface area contributed by atoms with Gasteiger partial charge in [-0.3, -0.25) is 9.59 Å². The van der Waals surface area contributed by atoms with E-state index in [2.05, 4.69) is 5.32 Å². The number of nitrogens with one attached hydrogen (secondary N) is 1. The summed E-state index contributed by atoms with van der Waals surface area (Å²) in [4.78, 5) is 26.5. The zero-order chi connectivity index (χ0) is 17.0. The van der Waals surface area contributed by atoms with Crippen LogP contribution in [0.25, 0.3) is 0 Å². The molecule has 0 radical (unpaired) electrons. The molecular weight excluding hydrogens is 295 g/mol. The Bertz CT molecular complexity index is 697. The van der Waals surface area contributed by atoms with Gasteiger partial charge in [-0.15, -0.1) is 0 Å². The first-order valence-corrected chi connectivity index (χ1v) is 7.22. The summed E-state index contributed by atoms with van der Waals surface area (Å²) in [6, 6.07) is 14.5. The van der Waals surface area contributed by atoms with Gasteiger partial charge in [-0.2, -0.15) is 0 Å². The van der Waals surface area contributed by atoms with Crippen molar-refractivity contribution in [2.45, 2.75) is 13.8 Å². The second-order valence-electron chi connectivity index (χ2n) is 5.79. The van der Waals surface area contributed by atoms with E-state index in [1.54, 1.807) is 33.0 Å². The maximum Gasteiger partial charge on any atom is 0.241 e. The minimum absolute atomic E-state index is 0.330. The molecular formula is C18H19FN2O2. The van der Waals surface area contributed by atoms with Gasteiger partial charge in [0, 0.05) is 18.4 Å². The molecule has 2 amide bonds. The molecule has 0 fully saturated rings. The van der Waals surface area contributed by atoms with E-state index in [0.717, 1.165) is 0 Å². The third-order valence-electron chi connectivity index (χ3n) is 3.65. The number of amides is 2. The normalized spacial score (nSPS) is 11.0. The molecule has 0 aliphatic carbocycles. The van der Waals surface area contributed by atoms with Crippen molar-refractivity contribution in [1.29, 1.82) is 0 Å². The fourth-order valence-corrected chi connectivity index (χ4v) is 2.11. The molecule has 23 heavy (non-hydrogen) atoms. The summed E-state index contributed by atoms with van der Waals surface area (Å²) in [6.45, 7) is 3.13. The fraction of sp³-hybridized carbons (Fsp3) is 0.222. The van der Waals surface area contributed by atoms with Gasteiger partial charge in [0.1, 0.15) is 11.2 Å². The molecule has 2 aromatic carbocycles. The van der Waals surface area contributed by atoms with Gasteiger partial charge in [0.15, 0.2) is 0 Å². The lowest BCUT2D eigenvalue weighted by Gasteiger charge is -2.28. The number of nitrogens with zero attached hydrogens (tertiary/aromatic N) is 1. The van der Waals surface area contributed by atoms with Crippen LogP contribution in [-0.4, -0.2) is 18.9 Å². The lowest BCUT2D eigenvalue weighted by Crippen LogP contribution is -2.46. The van der Waals surface area contributed by atoms with Gasteiger partial charge in [0.2, 0.25) is 11.8 Å². The molecule has 2 aromatic rings. The molecule has 0 heterocycles. The summed E-state index contributed by atoms with van der Waals surface area (Å²) in [7, 11) is 1.63. The monoisotopic (exact) mass is 314 g/mol. The lowest BCUT2D eigenvalue weighted by atomic mass is 9.90. The zero-order valence-corrected chi connectivity index (χ0v) is 13.3. The molecule has 0 aliphatic rings. The Morgan fingerprint density at radius 1 is 1.00 bits per heavy atom. The van der Waals surface area contributed by atoms with Crippen LogP contribution in [0.1, 0.15) is 13.8 Å². The molecule has 0 aromatic heterocycles. The average molecular weight is 314 g/mol. The van der Waals surface area contributed by atoms with Crippen LogP contribution < -0.4 is 10.2 Å². The Balaban J connectivity index is 2.14. The van der Waals surface area contributed by atoms with Crippen molar-refractivity contribution in [3.05, 3.63) is 60.4 Å². The van der Waals surface area contributed by atoms with Gasteiger partial charge in [0.05, 0.1) is 0 Å². The van der Waals surface area contributed by atoms with Gasteiger partial charge >= 0.3 is 0 Å². The molecule has 0 bridgehead atoms. The Labute approximate surface area is 134 Å². The zero-order valence-electron chi connectivity index (χ0n) is 13.3. The smallest absolute Gasteiger partial charge is 0.241 e. The van der Waals surface area contributed by atoms with Crippen LogP contribution in [-0.2, 0) is 9.59 Å². The van der Waals surface area contributed by atoms with Crippen molar-refractivity contribution in [3.63, 3.8) is 0 Å². The Morgan fingerprint density at radius 2 is 1.57 bits per heavy atom. The van der Waals surface area contributed by atoms with E-state index >= 15 is 0 Å². The van der Waals surface area contributed by atoms with E-state index in [4.69, 9.17) is 0 Å². The number of benzene rings is 2. The second kappa shape index (κ2) is 6.60. The van der Waals surface area contributed by atoms with Crippen LogP contribution in [0.4, 0.5) is 15.8 Å². The first kappa shape index (κ1) is 16.7. The van der Waals surface area contributed by atoms with E-state index in [0.29, 0.717) is 11.4 Å². The molecule has 0 aliphatic heterocycles. The largest absolute Gasteiger partial charge is 0.325 e. The van der Waals surface area contributed by atoms with Crippen molar-refractivity contribution in [2.75, 3.05) is 17.3 Å². The van der Waals surface area contributed by atoms with Crippen molar-refractivity contribution in [2.24, 2.45) is 5.41 Å². The standard InChI is InChI=1S/C18H19FN2O2/c1-18(2,16(22)20-14-11-9-13(19)10-12-14)17(23)21(3)15-7-5-4-6-8-15/h4-12H,1-3H3,(H,20,22). The third kappa shape index (κ3) is 3.74. The van der Waals surface area contributed by atoms with E-state index in [1.165, 1.54) is 29.2 Å². The molecule has 4 nitrogen and oxygen atoms in total. The highest BCUT2D eigenvalue weighted by atomic mass is 19.1. The molecule has 0 spiro atoms. The first-order chi connectivity index (χ1) is 10.8. The van der Waals surface area contributed by atoms with Crippen LogP contribution in [0.3, 0.4) is 0 Å². The highest BCUT2D eigenvalue weighted by Gasteiger charge is 2.38. The van der Waals surface area contributed by atoms with Crippen molar-refractivity contribution < 1.29 is 14.0 Å². The van der Waals surface area contributed by atoms with E-state index in [1.807, 2.05) is 18.2 Å². The molecule has 5 heteroatoms. The number of anilines is 2. The second-order valence-corrected chi connectivity index (χ2v) is 5.79. The Kier molecular flexibility index (Phi) is 4.79. The predicted octanol–water partition coefficient (Wildman–Crippen LogP) is 3.45. The van der Waals surface area contributed by atoms with Gasteiger partial charge in [-0.1, -0.05) is 18.2 Å². The summed E-state index contributed by atoms with van der Waals surface area (Å²) >= 11 is 0. The van der Waals surface area contributed by atoms with Crippen LogP contribution in [0.15, 0.2) is 54.6 Å². The molecule has 120 valence electrons. The van der Waals surface area contributed by atoms with Crippen LogP contribution in [0, 0.1) is 11.2 Å². The summed E-state index contributed by atoms with van der Waals surface area (Å²) in [5, 5.41) is 2.64. The van der Waals surface area contributed by atoms with E-state index < -0.39 is 11.3 Å². The van der Waals surface area contributed by atoms with Gasteiger partial charge < -0.3 is 10.2 Å². The minimum atomic E-state index is -1.26. The highest BCUT2D eigenvalue weighted by molar-refractivity contribution is 6.14. The van der Waals surface area contributed by atoms with Gasteiger partial charge in [0.25, 0.3) is 0 Å². The molecule has 2 rings (SSSR count). The minimum Gasteiger partial charge on any atom is -0.325 e. The fourth-order valence-electron chi connectivity index (χ4n) is 2.11.